The Balaban J connectivity index is 2.20. The van der Waals surface area contributed by atoms with E-state index in [1.54, 1.807) is 11.3 Å². The lowest BCUT2D eigenvalue weighted by Crippen LogP contribution is -2.13. The Morgan fingerprint density at radius 3 is 2.72 bits per heavy atom. The predicted molar refractivity (Wildman–Crippen MR) is 83.4 cm³/mol. The third-order valence-corrected chi connectivity index (χ3v) is 4.00. The summed E-state index contributed by atoms with van der Waals surface area (Å²) in [7, 11) is 0. The SMILES string of the molecule is Cc1ccc(C(N)=S)c(NCc2cscc2C)c1. The van der Waals surface area contributed by atoms with Crippen molar-refractivity contribution in [1.82, 2.24) is 0 Å². The molecule has 2 nitrogen and oxygen atoms in total. The van der Waals surface area contributed by atoms with E-state index in [1.165, 1.54) is 16.7 Å². The van der Waals surface area contributed by atoms with E-state index in [2.05, 4.69) is 36.0 Å². The molecule has 18 heavy (non-hydrogen) atoms. The largest absolute Gasteiger partial charge is 0.389 e. The Labute approximate surface area is 117 Å². The molecule has 1 aromatic heterocycles. The van der Waals surface area contributed by atoms with Crippen LogP contribution >= 0.6 is 23.6 Å². The summed E-state index contributed by atoms with van der Waals surface area (Å²) in [5, 5.41) is 7.74. The van der Waals surface area contributed by atoms with Gasteiger partial charge in [-0.05, 0) is 53.4 Å². The van der Waals surface area contributed by atoms with Crippen LogP contribution in [0.2, 0.25) is 0 Å². The summed E-state index contributed by atoms with van der Waals surface area (Å²) in [5.74, 6) is 0. The molecule has 4 heteroatoms. The summed E-state index contributed by atoms with van der Waals surface area (Å²) in [6.45, 7) is 4.98. The van der Waals surface area contributed by atoms with Crippen LogP contribution in [0.25, 0.3) is 0 Å². The van der Waals surface area contributed by atoms with Crippen LogP contribution < -0.4 is 11.1 Å². The third kappa shape index (κ3) is 2.89. The summed E-state index contributed by atoms with van der Waals surface area (Å²) in [5.41, 5.74) is 11.5. The monoisotopic (exact) mass is 276 g/mol. The number of nitrogens with two attached hydrogens (primary N) is 1. The van der Waals surface area contributed by atoms with E-state index in [-0.39, 0.29) is 0 Å². The van der Waals surface area contributed by atoms with Gasteiger partial charge >= 0.3 is 0 Å². The van der Waals surface area contributed by atoms with Gasteiger partial charge < -0.3 is 11.1 Å². The molecule has 0 aliphatic heterocycles. The smallest absolute Gasteiger partial charge is 0.106 e. The zero-order valence-corrected chi connectivity index (χ0v) is 12.1. The maximum absolute atomic E-state index is 5.74. The van der Waals surface area contributed by atoms with Crippen molar-refractivity contribution in [3.8, 4) is 0 Å². The molecule has 1 aromatic carbocycles. The van der Waals surface area contributed by atoms with Crippen molar-refractivity contribution in [3.63, 3.8) is 0 Å². The molecule has 0 radical (unpaired) electrons. The molecule has 0 aliphatic carbocycles. The molecule has 94 valence electrons. The average molecular weight is 276 g/mol. The first-order valence-electron chi connectivity index (χ1n) is 5.74. The molecule has 0 saturated heterocycles. The molecule has 0 saturated carbocycles. The molecule has 1 heterocycles. The fourth-order valence-electron chi connectivity index (χ4n) is 1.78. The van der Waals surface area contributed by atoms with Crippen molar-refractivity contribution in [2.45, 2.75) is 20.4 Å². The molecule has 0 atom stereocenters. The summed E-state index contributed by atoms with van der Waals surface area (Å²) in [4.78, 5) is 0.430. The second kappa shape index (κ2) is 5.50. The molecule has 0 bridgehead atoms. The van der Waals surface area contributed by atoms with Crippen LogP contribution in [0.15, 0.2) is 29.0 Å². The van der Waals surface area contributed by atoms with Gasteiger partial charge in [-0.25, -0.2) is 0 Å². The number of thiocarbonyl (C=S) groups is 1. The number of aryl methyl sites for hydroxylation is 2. The Morgan fingerprint density at radius 1 is 1.33 bits per heavy atom. The Bertz CT molecular complexity index is 573. The molecule has 3 N–H and O–H groups in total. The quantitative estimate of drug-likeness (QED) is 0.838. The normalized spacial score (nSPS) is 10.3. The van der Waals surface area contributed by atoms with E-state index < -0.39 is 0 Å². The van der Waals surface area contributed by atoms with Gasteiger partial charge in [-0.2, -0.15) is 11.3 Å². The molecule has 0 aliphatic rings. The van der Waals surface area contributed by atoms with E-state index in [9.17, 15) is 0 Å². The number of thiophene rings is 1. The summed E-state index contributed by atoms with van der Waals surface area (Å²) in [6.07, 6.45) is 0. The lowest BCUT2D eigenvalue weighted by atomic mass is 10.1. The minimum atomic E-state index is 0.430. The molecular weight excluding hydrogens is 260 g/mol. The van der Waals surface area contributed by atoms with Gasteiger partial charge in [-0.1, -0.05) is 18.3 Å². The van der Waals surface area contributed by atoms with E-state index in [0.717, 1.165) is 17.8 Å². The zero-order chi connectivity index (χ0) is 13.1. The van der Waals surface area contributed by atoms with Gasteiger partial charge in [0.1, 0.15) is 4.99 Å². The van der Waals surface area contributed by atoms with Crippen molar-refractivity contribution in [1.29, 1.82) is 0 Å². The highest BCUT2D eigenvalue weighted by Crippen LogP contribution is 2.20. The number of hydrogen-bond donors (Lipinski definition) is 2. The van der Waals surface area contributed by atoms with E-state index in [1.807, 2.05) is 12.1 Å². The van der Waals surface area contributed by atoms with Crippen LogP contribution in [0.1, 0.15) is 22.3 Å². The fraction of sp³-hybridized carbons (Fsp3) is 0.214. The third-order valence-electron chi connectivity index (χ3n) is 2.87. The topological polar surface area (TPSA) is 38.0 Å². The maximum Gasteiger partial charge on any atom is 0.106 e. The molecule has 2 aromatic rings. The lowest BCUT2D eigenvalue weighted by Gasteiger charge is -2.12. The molecule has 0 fully saturated rings. The van der Waals surface area contributed by atoms with Crippen molar-refractivity contribution in [3.05, 3.63) is 51.2 Å². The van der Waals surface area contributed by atoms with Crippen LogP contribution in [0.5, 0.6) is 0 Å². The van der Waals surface area contributed by atoms with Gasteiger partial charge in [-0.15, -0.1) is 0 Å². The average Bonchev–Trinajstić information content (AvgIpc) is 2.72. The first-order valence-corrected chi connectivity index (χ1v) is 7.09. The number of nitrogens with one attached hydrogen (secondary N) is 1. The highest BCUT2D eigenvalue weighted by atomic mass is 32.1. The molecule has 0 unspecified atom stereocenters. The highest BCUT2D eigenvalue weighted by molar-refractivity contribution is 7.80. The minimum absolute atomic E-state index is 0.430. The molecule has 2 rings (SSSR count). The van der Waals surface area contributed by atoms with E-state index in [0.29, 0.717) is 4.99 Å². The van der Waals surface area contributed by atoms with Crippen molar-refractivity contribution < 1.29 is 0 Å². The second-order valence-electron chi connectivity index (χ2n) is 4.35. The van der Waals surface area contributed by atoms with E-state index in [4.69, 9.17) is 18.0 Å². The summed E-state index contributed by atoms with van der Waals surface area (Å²) < 4.78 is 0. The first kappa shape index (κ1) is 13.1. The van der Waals surface area contributed by atoms with Crippen LogP contribution in [0.4, 0.5) is 5.69 Å². The van der Waals surface area contributed by atoms with Crippen molar-refractivity contribution in [2.24, 2.45) is 5.73 Å². The van der Waals surface area contributed by atoms with Crippen molar-refractivity contribution >= 4 is 34.2 Å². The van der Waals surface area contributed by atoms with Gasteiger partial charge in [0.25, 0.3) is 0 Å². The van der Waals surface area contributed by atoms with E-state index >= 15 is 0 Å². The lowest BCUT2D eigenvalue weighted by molar-refractivity contribution is 1.13. The summed E-state index contributed by atoms with van der Waals surface area (Å²) >= 11 is 6.80. The Kier molecular flexibility index (Phi) is 3.99. The predicted octanol–water partition coefficient (Wildman–Crippen LogP) is 3.61. The van der Waals surface area contributed by atoms with Gasteiger partial charge in [0.15, 0.2) is 0 Å². The van der Waals surface area contributed by atoms with Gasteiger partial charge in [0.2, 0.25) is 0 Å². The molecule has 0 spiro atoms. The van der Waals surface area contributed by atoms with Gasteiger partial charge in [0, 0.05) is 17.8 Å². The standard InChI is InChI=1S/C14H16N2S2/c1-9-3-4-12(14(15)17)13(5-9)16-6-11-8-18-7-10(11)2/h3-5,7-8,16H,6H2,1-2H3,(H2,15,17). The van der Waals surface area contributed by atoms with Gasteiger partial charge in [0.05, 0.1) is 0 Å². The van der Waals surface area contributed by atoms with Crippen LogP contribution in [0, 0.1) is 13.8 Å². The van der Waals surface area contributed by atoms with Crippen LogP contribution in [-0.2, 0) is 6.54 Å². The second-order valence-corrected chi connectivity index (χ2v) is 5.53. The number of anilines is 1. The summed E-state index contributed by atoms with van der Waals surface area (Å²) in [6, 6.07) is 6.08. The number of benzene rings is 1. The molecule has 0 amide bonds. The fourth-order valence-corrected chi connectivity index (χ4v) is 2.81. The Hall–Kier alpha value is -1.39. The minimum Gasteiger partial charge on any atom is -0.389 e. The first-order chi connectivity index (χ1) is 8.58. The maximum atomic E-state index is 5.74. The number of hydrogen-bond acceptors (Lipinski definition) is 3. The number of rotatable bonds is 4. The van der Waals surface area contributed by atoms with Crippen LogP contribution in [-0.4, -0.2) is 4.99 Å². The highest BCUT2D eigenvalue weighted by Gasteiger charge is 2.06. The Morgan fingerprint density at radius 2 is 2.11 bits per heavy atom. The molecular formula is C14H16N2S2. The zero-order valence-electron chi connectivity index (χ0n) is 10.5. The van der Waals surface area contributed by atoms with Crippen molar-refractivity contribution in [2.75, 3.05) is 5.32 Å². The van der Waals surface area contributed by atoms with Crippen LogP contribution in [0.3, 0.4) is 0 Å². The van der Waals surface area contributed by atoms with Gasteiger partial charge in [-0.3, -0.25) is 0 Å².